The van der Waals surface area contributed by atoms with Crippen molar-refractivity contribution in [3.63, 3.8) is 0 Å². The maximum Gasteiger partial charge on any atom is 0.265 e. The van der Waals surface area contributed by atoms with Crippen LogP contribution in [0.1, 0.15) is 44.0 Å². The molecule has 1 saturated heterocycles. The number of aromatic nitrogens is 3. The molecule has 10 heteroatoms. The number of fused-ring (bicyclic) bond motifs is 1. The molecule has 1 N–H and O–H groups in total. The fourth-order valence-corrected chi connectivity index (χ4v) is 6.49. The van der Waals surface area contributed by atoms with Crippen LogP contribution in [-0.2, 0) is 5.54 Å². The van der Waals surface area contributed by atoms with E-state index in [4.69, 9.17) is 4.98 Å². The molecule has 3 heterocycles. The molecule has 206 valence electrons. The normalized spacial score (nSPS) is 24.4. The first-order valence-corrected chi connectivity index (χ1v) is 13.8. The standard InChI is InChI=1S/C29H36FN7O2/c1-17(2)35-8-10-36(11-9-35)24-7-6-21(13-23(24)30)32-28-31-16-19-12-22(26(38)34(4)5)27(39)37(25(19)33-28)29-14-20(15-29)18(29)3/h6-7,12-13,16-18,20H,8-11,14-15H2,1-5H3,(H,31,32,33)/t18-,20?,29?/m1/s1. The Balaban J connectivity index is 1.31. The van der Waals surface area contributed by atoms with Gasteiger partial charge in [0.2, 0.25) is 5.95 Å². The van der Waals surface area contributed by atoms with E-state index in [0.29, 0.717) is 40.3 Å². The van der Waals surface area contributed by atoms with E-state index >= 15 is 4.39 Å². The SMILES string of the molecule is CC(C)N1CCN(c2ccc(Nc3ncc4cc(C(=O)N(C)C)c(=O)n(C56CC(C5)[C@H]6C)c4n3)cc2F)CC1. The Bertz CT molecular complexity index is 1500. The largest absolute Gasteiger partial charge is 0.367 e. The molecule has 4 aliphatic rings. The number of halogens is 1. The average Bonchev–Trinajstić information content (AvgIpc) is 2.89. The Morgan fingerprint density at radius 1 is 1.15 bits per heavy atom. The van der Waals surface area contributed by atoms with Crippen LogP contribution < -0.4 is 15.8 Å². The minimum atomic E-state index is -0.335. The Labute approximate surface area is 227 Å². The smallest absolute Gasteiger partial charge is 0.265 e. The summed E-state index contributed by atoms with van der Waals surface area (Å²) in [4.78, 5) is 41.6. The minimum absolute atomic E-state index is 0.126. The summed E-state index contributed by atoms with van der Waals surface area (Å²) in [6, 6.07) is 7.16. The number of hydrogen-bond acceptors (Lipinski definition) is 7. The van der Waals surface area contributed by atoms with E-state index in [-0.39, 0.29) is 34.3 Å². The average molecular weight is 534 g/mol. The van der Waals surface area contributed by atoms with Crippen LogP contribution >= 0.6 is 0 Å². The second-order valence-electron chi connectivity index (χ2n) is 11.8. The molecule has 0 unspecified atom stereocenters. The van der Waals surface area contributed by atoms with Crippen molar-refractivity contribution in [3.8, 4) is 0 Å². The third kappa shape index (κ3) is 4.07. The van der Waals surface area contributed by atoms with Crippen LogP contribution in [-0.4, -0.2) is 76.6 Å². The number of amides is 1. The van der Waals surface area contributed by atoms with E-state index in [1.54, 1.807) is 37.0 Å². The Kier molecular flexibility index (Phi) is 6.13. The van der Waals surface area contributed by atoms with Crippen LogP contribution in [0, 0.1) is 17.7 Å². The molecule has 0 spiro atoms. The van der Waals surface area contributed by atoms with Crippen molar-refractivity contribution in [2.24, 2.45) is 11.8 Å². The number of pyridine rings is 1. The molecule has 1 aromatic carbocycles. The molecule has 3 saturated carbocycles. The predicted molar refractivity (Wildman–Crippen MR) is 150 cm³/mol. The van der Waals surface area contributed by atoms with Gasteiger partial charge >= 0.3 is 0 Å². The molecule has 3 aliphatic carbocycles. The zero-order chi connectivity index (χ0) is 27.6. The van der Waals surface area contributed by atoms with Gasteiger partial charge in [-0.1, -0.05) is 6.92 Å². The molecule has 9 nitrogen and oxygen atoms in total. The van der Waals surface area contributed by atoms with Crippen LogP contribution in [0.4, 0.5) is 21.7 Å². The van der Waals surface area contributed by atoms with Crippen molar-refractivity contribution < 1.29 is 9.18 Å². The number of anilines is 3. The summed E-state index contributed by atoms with van der Waals surface area (Å²) in [7, 11) is 3.28. The molecule has 1 atom stereocenters. The van der Waals surface area contributed by atoms with Gasteiger partial charge in [-0.05, 0) is 62.8 Å². The second-order valence-corrected chi connectivity index (χ2v) is 11.8. The van der Waals surface area contributed by atoms with Gasteiger partial charge < -0.3 is 15.1 Å². The quantitative estimate of drug-likeness (QED) is 0.518. The predicted octanol–water partition coefficient (Wildman–Crippen LogP) is 3.66. The van der Waals surface area contributed by atoms with Gasteiger partial charge in [-0.15, -0.1) is 0 Å². The number of rotatable bonds is 6. The Morgan fingerprint density at radius 2 is 1.87 bits per heavy atom. The molecule has 2 bridgehead atoms. The highest BCUT2D eigenvalue weighted by atomic mass is 19.1. The van der Waals surface area contributed by atoms with Crippen LogP contribution in [0.3, 0.4) is 0 Å². The second kappa shape index (κ2) is 9.29. The van der Waals surface area contributed by atoms with Crippen LogP contribution in [0.5, 0.6) is 0 Å². The lowest BCUT2D eigenvalue weighted by molar-refractivity contribution is -0.162. The number of nitrogens with one attached hydrogen (secondary N) is 1. The third-order valence-electron chi connectivity index (χ3n) is 9.20. The van der Waals surface area contributed by atoms with Crippen LogP contribution in [0.25, 0.3) is 11.0 Å². The molecule has 3 aromatic rings. The topological polar surface area (TPSA) is 86.6 Å². The monoisotopic (exact) mass is 533 g/mol. The minimum Gasteiger partial charge on any atom is -0.367 e. The van der Waals surface area contributed by atoms with Gasteiger partial charge in [0, 0.05) is 63.6 Å². The van der Waals surface area contributed by atoms with Crippen molar-refractivity contribution in [1.29, 1.82) is 0 Å². The molecular formula is C29H36FN7O2. The van der Waals surface area contributed by atoms with E-state index < -0.39 is 0 Å². The van der Waals surface area contributed by atoms with Crippen LogP contribution in [0.2, 0.25) is 0 Å². The number of benzene rings is 1. The number of nitrogens with zero attached hydrogens (tertiary/aromatic N) is 6. The highest BCUT2D eigenvalue weighted by Gasteiger charge is 2.65. The van der Waals surface area contributed by atoms with E-state index in [1.165, 1.54) is 11.0 Å². The van der Waals surface area contributed by atoms with Crippen molar-refractivity contribution in [2.75, 3.05) is 50.5 Å². The first-order chi connectivity index (χ1) is 18.6. The molecule has 1 aliphatic heterocycles. The maximum absolute atomic E-state index is 15.2. The molecule has 7 rings (SSSR count). The van der Waals surface area contributed by atoms with Gasteiger partial charge in [-0.3, -0.25) is 19.1 Å². The van der Waals surface area contributed by atoms with Gasteiger partial charge in [0.25, 0.3) is 11.5 Å². The number of carbonyl (C=O) groups excluding carboxylic acids is 1. The van der Waals surface area contributed by atoms with Gasteiger partial charge in [0.05, 0.1) is 11.2 Å². The zero-order valence-electron chi connectivity index (χ0n) is 23.2. The Hall–Kier alpha value is -3.53. The summed E-state index contributed by atoms with van der Waals surface area (Å²) in [6.07, 6.45) is 3.45. The lowest BCUT2D eigenvalue weighted by atomic mass is 9.42. The van der Waals surface area contributed by atoms with Crippen molar-refractivity contribution >= 4 is 34.3 Å². The van der Waals surface area contributed by atoms with Crippen LogP contribution in [0.15, 0.2) is 35.3 Å². The highest BCUT2D eigenvalue weighted by Crippen LogP contribution is 2.66. The molecule has 2 aromatic heterocycles. The molecular weight excluding hydrogens is 497 g/mol. The maximum atomic E-state index is 15.2. The summed E-state index contributed by atoms with van der Waals surface area (Å²) < 4.78 is 16.9. The molecule has 4 fully saturated rings. The lowest BCUT2D eigenvalue weighted by Crippen LogP contribution is -2.69. The third-order valence-corrected chi connectivity index (χ3v) is 9.20. The fourth-order valence-electron chi connectivity index (χ4n) is 6.49. The van der Waals surface area contributed by atoms with Crippen molar-refractivity contribution in [2.45, 2.75) is 45.2 Å². The molecule has 39 heavy (non-hydrogen) atoms. The van der Waals surface area contributed by atoms with Gasteiger partial charge in [-0.25, -0.2) is 9.37 Å². The summed E-state index contributed by atoms with van der Waals surface area (Å²) in [5.74, 6) is 0.593. The summed E-state index contributed by atoms with van der Waals surface area (Å²) in [5.41, 5.74) is 1.11. The summed E-state index contributed by atoms with van der Waals surface area (Å²) in [6.45, 7) is 9.91. The highest BCUT2D eigenvalue weighted by molar-refractivity contribution is 5.96. The number of hydrogen-bond donors (Lipinski definition) is 1. The summed E-state index contributed by atoms with van der Waals surface area (Å²) >= 11 is 0. The summed E-state index contributed by atoms with van der Waals surface area (Å²) in [5, 5.41) is 3.75. The number of piperazine rings is 1. The van der Waals surface area contributed by atoms with E-state index in [0.717, 1.165) is 39.0 Å². The Morgan fingerprint density at radius 3 is 2.44 bits per heavy atom. The zero-order valence-corrected chi connectivity index (χ0v) is 23.2. The van der Waals surface area contributed by atoms with E-state index in [2.05, 4.69) is 40.9 Å². The number of carbonyl (C=O) groups is 1. The van der Waals surface area contributed by atoms with Gasteiger partial charge in [0.15, 0.2) is 0 Å². The van der Waals surface area contributed by atoms with E-state index in [1.807, 2.05) is 6.07 Å². The molecule has 0 radical (unpaired) electrons. The lowest BCUT2D eigenvalue weighted by Gasteiger charge is -2.68. The van der Waals surface area contributed by atoms with Gasteiger partial charge in [-0.2, -0.15) is 4.98 Å². The van der Waals surface area contributed by atoms with Gasteiger partial charge in [0.1, 0.15) is 17.0 Å². The van der Waals surface area contributed by atoms with E-state index in [9.17, 15) is 9.59 Å². The first kappa shape index (κ1) is 25.7. The van der Waals surface area contributed by atoms with Crippen molar-refractivity contribution in [1.82, 2.24) is 24.3 Å². The first-order valence-electron chi connectivity index (χ1n) is 13.8. The van der Waals surface area contributed by atoms with Crippen molar-refractivity contribution in [3.05, 3.63) is 52.2 Å². The molecule has 1 amide bonds. The fraction of sp³-hybridized carbons (Fsp3) is 0.517.